The molecular formula is C8H12O3. The number of ether oxygens (including phenoxy) is 1. The van der Waals surface area contributed by atoms with Crippen LogP contribution >= 0.6 is 0 Å². The molecule has 11 heavy (non-hydrogen) atoms. The summed E-state index contributed by atoms with van der Waals surface area (Å²) in [6.07, 6.45) is 0.896. The van der Waals surface area contributed by atoms with Gasteiger partial charge in [-0.2, -0.15) is 0 Å². The maximum absolute atomic E-state index is 11.0. The quantitative estimate of drug-likeness (QED) is 0.527. The molecule has 0 aromatic carbocycles. The van der Waals surface area contributed by atoms with Crippen molar-refractivity contribution >= 4 is 11.8 Å². The molecule has 1 aliphatic carbocycles. The van der Waals surface area contributed by atoms with Crippen molar-refractivity contribution in [3.05, 3.63) is 0 Å². The second-order valence-corrected chi connectivity index (χ2v) is 3.05. The third kappa shape index (κ3) is 1.59. The Labute approximate surface area is 65.7 Å². The van der Waals surface area contributed by atoms with E-state index in [1.165, 1.54) is 7.11 Å². The highest BCUT2D eigenvalue weighted by molar-refractivity contribution is 5.88. The van der Waals surface area contributed by atoms with E-state index in [-0.39, 0.29) is 23.6 Å². The minimum absolute atomic E-state index is 0.162. The second kappa shape index (κ2) is 3.03. The Kier molecular flexibility index (Phi) is 2.27. The molecule has 0 amide bonds. The first-order valence-electron chi connectivity index (χ1n) is 3.74. The zero-order valence-corrected chi connectivity index (χ0v) is 6.79. The van der Waals surface area contributed by atoms with Crippen LogP contribution in [-0.4, -0.2) is 18.9 Å². The number of ketones is 1. The van der Waals surface area contributed by atoms with E-state index >= 15 is 0 Å². The number of rotatable bonds is 1. The Balaban J connectivity index is 2.59. The minimum Gasteiger partial charge on any atom is -0.469 e. The van der Waals surface area contributed by atoms with Crippen LogP contribution in [0.1, 0.15) is 19.8 Å². The lowest BCUT2D eigenvalue weighted by Gasteiger charge is -2.09. The van der Waals surface area contributed by atoms with Gasteiger partial charge in [0.2, 0.25) is 0 Å². The first-order valence-corrected chi connectivity index (χ1v) is 3.74. The second-order valence-electron chi connectivity index (χ2n) is 3.05. The van der Waals surface area contributed by atoms with Gasteiger partial charge in [0.25, 0.3) is 0 Å². The van der Waals surface area contributed by atoms with Gasteiger partial charge < -0.3 is 4.74 Å². The van der Waals surface area contributed by atoms with Gasteiger partial charge in [-0.05, 0) is 5.92 Å². The van der Waals surface area contributed by atoms with Crippen LogP contribution in [0.5, 0.6) is 0 Å². The highest BCUT2D eigenvalue weighted by Gasteiger charge is 2.35. The number of hydrogen-bond acceptors (Lipinski definition) is 3. The number of esters is 1. The van der Waals surface area contributed by atoms with Crippen LogP contribution < -0.4 is 0 Å². The fourth-order valence-corrected chi connectivity index (χ4v) is 1.50. The van der Waals surface area contributed by atoms with Gasteiger partial charge in [0.1, 0.15) is 5.78 Å². The van der Waals surface area contributed by atoms with E-state index in [1.807, 2.05) is 6.92 Å². The minimum atomic E-state index is -0.247. The van der Waals surface area contributed by atoms with E-state index in [0.717, 1.165) is 0 Å². The van der Waals surface area contributed by atoms with E-state index < -0.39 is 0 Å². The molecule has 0 spiro atoms. The lowest BCUT2D eigenvalue weighted by Crippen LogP contribution is -2.18. The molecule has 3 heteroatoms. The number of hydrogen-bond donors (Lipinski definition) is 0. The Morgan fingerprint density at radius 2 is 2.18 bits per heavy atom. The highest BCUT2D eigenvalue weighted by Crippen LogP contribution is 2.29. The van der Waals surface area contributed by atoms with Gasteiger partial charge in [-0.25, -0.2) is 0 Å². The molecule has 0 aliphatic heterocycles. The van der Waals surface area contributed by atoms with Crippen molar-refractivity contribution < 1.29 is 14.3 Å². The molecule has 0 aromatic rings. The number of methoxy groups -OCH3 is 1. The highest BCUT2D eigenvalue weighted by atomic mass is 16.5. The summed E-state index contributed by atoms with van der Waals surface area (Å²) < 4.78 is 4.56. The van der Waals surface area contributed by atoms with E-state index in [1.54, 1.807) is 0 Å². The van der Waals surface area contributed by atoms with Gasteiger partial charge in [0.05, 0.1) is 13.0 Å². The Morgan fingerprint density at radius 3 is 2.55 bits per heavy atom. The fourth-order valence-electron chi connectivity index (χ4n) is 1.50. The molecule has 0 aromatic heterocycles. The van der Waals surface area contributed by atoms with Crippen LogP contribution in [-0.2, 0) is 14.3 Å². The molecule has 1 rings (SSSR count). The molecule has 62 valence electrons. The molecule has 0 radical (unpaired) electrons. The number of carbonyl (C=O) groups is 2. The SMILES string of the molecule is COC(=O)C1CC(=O)CC1C. The summed E-state index contributed by atoms with van der Waals surface area (Å²) in [4.78, 5) is 21.9. The monoisotopic (exact) mass is 156 g/mol. The molecule has 1 saturated carbocycles. The van der Waals surface area contributed by atoms with Crippen molar-refractivity contribution in [1.29, 1.82) is 0 Å². The zero-order chi connectivity index (χ0) is 8.43. The van der Waals surface area contributed by atoms with E-state index in [2.05, 4.69) is 4.74 Å². The van der Waals surface area contributed by atoms with Gasteiger partial charge in [-0.15, -0.1) is 0 Å². The van der Waals surface area contributed by atoms with Crippen molar-refractivity contribution in [3.63, 3.8) is 0 Å². The van der Waals surface area contributed by atoms with Crippen molar-refractivity contribution in [1.82, 2.24) is 0 Å². The smallest absolute Gasteiger partial charge is 0.309 e. The average Bonchev–Trinajstić information content (AvgIpc) is 2.28. The first-order chi connectivity index (χ1) is 5.15. The van der Waals surface area contributed by atoms with Gasteiger partial charge in [-0.1, -0.05) is 6.92 Å². The lowest BCUT2D eigenvalue weighted by molar-refractivity contribution is -0.146. The summed E-state index contributed by atoms with van der Waals surface area (Å²) >= 11 is 0. The van der Waals surface area contributed by atoms with Crippen molar-refractivity contribution in [2.75, 3.05) is 7.11 Å². The van der Waals surface area contributed by atoms with Crippen molar-refractivity contribution in [3.8, 4) is 0 Å². The summed E-state index contributed by atoms with van der Waals surface area (Å²) in [5.74, 6) is -0.0984. The van der Waals surface area contributed by atoms with Gasteiger partial charge in [0.15, 0.2) is 0 Å². The third-order valence-corrected chi connectivity index (χ3v) is 2.19. The van der Waals surface area contributed by atoms with Gasteiger partial charge >= 0.3 is 5.97 Å². The van der Waals surface area contributed by atoms with E-state index in [9.17, 15) is 9.59 Å². The topological polar surface area (TPSA) is 43.4 Å². The summed E-state index contributed by atoms with van der Waals surface area (Å²) in [6, 6.07) is 0. The molecule has 0 heterocycles. The van der Waals surface area contributed by atoms with Crippen LogP contribution in [0.25, 0.3) is 0 Å². The zero-order valence-electron chi connectivity index (χ0n) is 6.79. The summed E-state index contributed by atoms with van der Waals surface area (Å²) in [5, 5.41) is 0. The molecule has 0 saturated heterocycles. The van der Waals surface area contributed by atoms with Crippen molar-refractivity contribution in [2.24, 2.45) is 11.8 Å². The number of carbonyl (C=O) groups excluding carboxylic acids is 2. The molecule has 0 bridgehead atoms. The summed E-state index contributed by atoms with van der Waals surface area (Å²) in [6.45, 7) is 1.91. The Bertz CT molecular complexity index is 186. The maximum Gasteiger partial charge on any atom is 0.309 e. The van der Waals surface area contributed by atoms with E-state index in [4.69, 9.17) is 0 Å². The molecule has 1 aliphatic rings. The molecule has 2 unspecified atom stereocenters. The van der Waals surface area contributed by atoms with Crippen LogP contribution in [0.15, 0.2) is 0 Å². The van der Waals surface area contributed by atoms with Crippen LogP contribution in [0.4, 0.5) is 0 Å². The largest absolute Gasteiger partial charge is 0.469 e. The summed E-state index contributed by atoms with van der Waals surface area (Å²) in [5.41, 5.74) is 0. The first kappa shape index (κ1) is 8.24. The lowest BCUT2D eigenvalue weighted by atomic mass is 9.99. The molecule has 3 nitrogen and oxygen atoms in total. The van der Waals surface area contributed by atoms with Gasteiger partial charge in [-0.3, -0.25) is 9.59 Å². The average molecular weight is 156 g/mol. The molecule has 1 fully saturated rings. The van der Waals surface area contributed by atoms with Crippen LogP contribution in [0.2, 0.25) is 0 Å². The van der Waals surface area contributed by atoms with Crippen LogP contribution in [0.3, 0.4) is 0 Å². The maximum atomic E-state index is 11.0. The van der Waals surface area contributed by atoms with Crippen LogP contribution in [0, 0.1) is 11.8 Å². The normalized spacial score (nSPS) is 30.5. The predicted molar refractivity (Wildman–Crippen MR) is 38.9 cm³/mol. The summed E-state index contributed by atoms with van der Waals surface area (Å²) in [7, 11) is 1.36. The Morgan fingerprint density at radius 1 is 1.55 bits per heavy atom. The Hall–Kier alpha value is -0.860. The third-order valence-electron chi connectivity index (χ3n) is 2.19. The number of Topliss-reactive ketones (excluding diaryl/α,β-unsaturated/α-hetero) is 1. The fraction of sp³-hybridized carbons (Fsp3) is 0.750. The molecule has 2 atom stereocenters. The molecular weight excluding hydrogens is 144 g/mol. The van der Waals surface area contributed by atoms with Crippen molar-refractivity contribution in [2.45, 2.75) is 19.8 Å². The molecule has 0 N–H and O–H groups in total. The van der Waals surface area contributed by atoms with E-state index in [0.29, 0.717) is 12.8 Å². The van der Waals surface area contributed by atoms with Gasteiger partial charge in [0, 0.05) is 12.8 Å². The predicted octanol–water partition coefficient (Wildman–Crippen LogP) is 0.775. The standard InChI is InChI=1S/C8H12O3/c1-5-3-6(9)4-7(5)8(10)11-2/h5,7H,3-4H2,1-2H3.